The minimum Gasteiger partial charge on any atom is -0.497 e. The van der Waals surface area contributed by atoms with Crippen LogP contribution in [0.15, 0.2) is 48.5 Å². The van der Waals surface area contributed by atoms with Crippen LogP contribution in [0.25, 0.3) is 0 Å². The Morgan fingerprint density at radius 1 is 1.12 bits per heavy atom. The van der Waals surface area contributed by atoms with Crippen LogP contribution in [-0.2, 0) is 22.6 Å². The van der Waals surface area contributed by atoms with Gasteiger partial charge in [-0.05, 0) is 43.5 Å². The maximum atomic E-state index is 12.1. The lowest BCUT2D eigenvalue weighted by Crippen LogP contribution is -2.35. The molecule has 0 saturated carbocycles. The maximum Gasteiger partial charge on any atom is 0.248 e. The Morgan fingerprint density at radius 2 is 1.88 bits per heavy atom. The number of carbonyl (C=O) groups excluding carboxylic acids is 1. The molecule has 4 heteroatoms. The van der Waals surface area contributed by atoms with Crippen molar-refractivity contribution in [2.24, 2.45) is 0 Å². The van der Waals surface area contributed by atoms with Gasteiger partial charge in [-0.25, -0.2) is 0 Å². The molecule has 0 spiro atoms. The number of nitrogens with one attached hydrogen (secondary N) is 1. The summed E-state index contributed by atoms with van der Waals surface area (Å²) in [6.45, 7) is 4.82. The summed E-state index contributed by atoms with van der Waals surface area (Å²) in [5.41, 5.74) is 3.43. The van der Waals surface area contributed by atoms with E-state index < -0.39 is 6.10 Å². The summed E-state index contributed by atoms with van der Waals surface area (Å²) in [6, 6.07) is 15.9. The Hall–Kier alpha value is -2.33. The minimum atomic E-state index is -0.492. The van der Waals surface area contributed by atoms with E-state index in [2.05, 4.69) is 30.4 Å². The molecule has 0 radical (unpaired) electrons. The van der Waals surface area contributed by atoms with Gasteiger partial charge in [0.2, 0.25) is 5.91 Å². The van der Waals surface area contributed by atoms with Gasteiger partial charge >= 0.3 is 0 Å². The molecule has 2 aromatic carbocycles. The second kappa shape index (κ2) is 9.08. The molecule has 0 aliphatic carbocycles. The molecule has 128 valence electrons. The van der Waals surface area contributed by atoms with Gasteiger partial charge < -0.3 is 14.8 Å². The summed E-state index contributed by atoms with van der Waals surface area (Å²) in [4.78, 5) is 12.1. The van der Waals surface area contributed by atoms with Crippen LogP contribution < -0.4 is 10.1 Å². The van der Waals surface area contributed by atoms with Gasteiger partial charge in [-0.15, -0.1) is 0 Å². The number of aryl methyl sites for hydroxylation is 1. The van der Waals surface area contributed by atoms with Crippen LogP contribution in [0.4, 0.5) is 0 Å². The third-order valence-corrected chi connectivity index (χ3v) is 3.80. The van der Waals surface area contributed by atoms with E-state index in [1.165, 1.54) is 11.1 Å². The van der Waals surface area contributed by atoms with Crippen LogP contribution in [-0.4, -0.2) is 25.7 Å². The maximum absolute atomic E-state index is 12.1. The number of ether oxygens (including phenoxy) is 2. The molecule has 0 bridgehead atoms. The first-order valence-corrected chi connectivity index (χ1v) is 8.16. The predicted octanol–water partition coefficient (Wildman–Crippen LogP) is 3.27. The van der Waals surface area contributed by atoms with Crippen molar-refractivity contribution < 1.29 is 14.3 Å². The molecule has 0 heterocycles. The van der Waals surface area contributed by atoms with Crippen molar-refractivity contribution in [3.8, 4) is 5.75 Å². The van der Waals surface area contributed by atoms with E-state index in [-0.39, 0.29) is 5.91 Å². The lowest BCUT2D eigenvalue weighted by molar-refractivity contribution is -0.132. The fourth-order valence-corrected chi connectivity index (χ4v) is 2.40. The van der Waals surface area contributed by atoms with Crippen molar-refractivity contribution in [2.75, 3.05) is 13.7 Å². The van der Waals surface area contributed by atoms with E-state index in [1.807, 2.05) is 30.3 Å². The lowest BCUT2D eigenvalue weighted by Gasteiger charge is -2.14. The largest absolute Gasteiger partial charge is 0.497 e. The van der Waals surface area contributed by atoms with Crippen LogP contribution >= 0.6 is 0 Å². The molecule has 1 unspecified atom stereocenters. The fourth-order valence-electron chi connectivity index (χ4n) is 2.40. The highest BCUT2D eigenvalue weighted by atomic mass is 16.5. The predicted molar refractivity (Wildman–Crippen MR) is 95.1 cm³/mol. The minimum absolute atomic E-state index is 0.0921. The number of benzene rings is 2. The van der Waals surface area contributed by atoms with Gasteiger partial charge in [0.05, 0.1) is 13.7 Å². The van der Waals surface area contributed by atoms with Crippen molar-refractivity contribution in [1.82, 2.24) is 5.32 Å². The first-order chi connectivity index (χ1) is 11.6. The van der Waals surface area contributed by atoms with E-state index in [9.17, 15) is 4.79 Å². The molecule has 4 nitrogen and oxygen atoms in total. The van der Waals surface area contributed by atoms with E-state index in [1.54, 1.807) is 14.0 Å². The van der Waals surface area contributed by atoms with E-state index >= 15 is 0 Å². The molecular formula is C20H25NO3. The molecule has 2 aromatic rings. The van der Waals surface area contributed by atoms with Crippen molar-refractivity contribution in [3.05, 3.63) is 65.2 Å². The lowest BCUT2D eigenvalue weighted by atomic mass is 10.1. The molecule has 24 heavy (non-hydrogen) atoms. The molecular weight excluding hydrogens is 302 g/mol. The summed E-state index contributed by atoms with van der Waals surface area (Å²) in [7, 11) is 1.63. The number of hydrogen-bond acceptors (Lipinski definition) is 3. The Kier molecular flexibility index (Phi) is 6.82. The van der Waals surface area contributed by atoms with Gasteiger partial charge in [0.25, 0.3) is 0 Å². The van der Waals surface area contributed by atoms with Crippen molar-refractivity contribution in [2.45, 2.75) is 33.0 Å². The summed E-state index contributed by atoms with van der Waals surface area (Å²) in [5.74, 6) is 0.692. The van der Waals surface area contributed by atoms with Crippen LogP contribution in [0.2, 0.25) is 0 Å². The topological polar surface area (TPSA) is 47.6 Å². The van der Waals surface area contributed by atoms with Crippen LogP contribution in [0.3, 0.4) is 0 Å². The zero-order valence-electron chi connectivity index (χ0n) is 14.5. The van der Waals surface area contributed by atoms with Gasteiger partial charge in [-0.3, -0.25) is 4.79 Å². The van der Waals surface area contributed by atoms with E-state index in [0.717, 1.165) is 17.7 Å². The molecule has 1 amide bonds. The first-order valence-electron chi connectivity index (χ1n) is 8.16. The number of rotatable bonds is 8. The molecule has 0 aromatic heterocycles. The van der Waals surface area contributed by atoms with Crippen LogP contribution in [0, 0.1) is 6.92 Å². The monoisotopic (exact) mass is 327 g/mol. The Labute approximate surface area is 143 Å². The van der Waals surface area contributed by atoms with Crippen molar-refractivity contribution >= 4 is 5.91 Å². The van der Waals surface area contributed by atoms with Gasteiger partial charge in [0, 0.05) is 6.54 Å². The molecule has 1 atom stereocenters. The highest BCUT2D eigenvalue weighted by Gasteiger charge is 2.13. The zero-order valence-corrected chi connectivity index (χ0v) is 14.5. The molecule has 0 aliphatic rings. The first kappa shape index (κ1) is 18.0. The second-order valence-corrected chi connectivity index (χ2v) is 5.83. The Balaban J connectivity index is 1.73. The highest BCUT2D eigenvalue weighted by molar-refractivity contribution is 5.80. The van der Waals surface area contributed by atoms with Gasteiger partial charge in [0.15, 0.2) is 0 Å². The average molecular weight is 327 g/mol. The number of amides is 1. The molecule has 1 N–H and O–H groups in total. The molecule has 0 saturated heterocycles. The zero-order chi connectivity index (χ0) is 17.4. The third kappa shape index (κ3) is 5.70. The summed E-state index contributed by atoms with van der Waals surface area (Å²) >= 11 is 0. The normalized spacial score (nSPS) is 11.8. The quantitative estimate of drug-likeness (QED) is 0.809. The van der Waals surface area contributed by atoms with Crippen LogP contribution in [0.1, 0.15) is 23.6 Å². The summed E-state index contributed by atoms with van der Waals surface area (Å²) < 4.78 is 10.8. The standard InChI is InChI=1S/C20H25NO3/c1-15-6-4-7-17(12-15)10-11-21-20(22)16(2)24-14-18-8-5-9-19(13-18)23-3/h4-9,12-13,16H,10-11,14H2,1-3H3,(H,21,22). The van der Waals surface area contributed by atoms with Gasteiger partial charge in [0.1, 0.15) is 11.9 Å². The molecule has 2 rings (SSSR count). The van der Waals surface area contributed by atoms with Gasteiger partial charge in [-0.2, -0.15) is 0 Å². The average Bonchev–Trinajstić information content (AvgIpc) is 2.59. The van der Waals surface area contributed by atoms with Crippen molar-refractivity contribution in [3.63, 3.8) is 0 Å². The Morgan fingerprint density at radius 3 is 2.62 bits per heavy atom. The van der Waals surface area contributed by atoms with Crippen molar-refractivity contribution in [1.29, 1.82) is 0 Å². The van der Waals surface area contributed by atoms with E-state index in [0.29, 0.717) is 13.2 Å². The summed E-state index contributed by atoms with van der Waals surface area (Å²) in [5, 5.41) is 2.92. The van der Waals surface area contributed by atoms with Crippen LogP contribution in [0.5, 0.6) is 5.75 Å². The van der Waals surface area contributed by atoms with Gasteiger partial charge in [-0.1, -0.05) is 42.0 Å². The smallest absolute Gasteiger partial charge is 0.248 e. The number of carbonyl (C=O) groups is 1. The summed E-state index contributed by atoms with van der Waals surface area (Å²) in [6.07, 6.45) is 0.324. The second-order valence-electron chi connectivity index (χ2n) is 5.83. The highest BCUT2D eigenvalue weighted by Crippen LogP contribution is 2.13. The fraction of sp³-hybridized carbons (Fsp3) is 0.350. The SMILES string of the molecule is COc1cccc(COC(C)C(=O)NCCc2cccc(C)c2)c1. The Bertz CT molecular complexity index is 669. The third-order valence-electron chi connectivity index (χ3n) is 3.80. The molecule has 0 aliphatic heterocycles. The van der Waals surface area contributed by atoms with E-state index in [4.69, 9.17) is 9.47 Å². The number of methoxy groups -OCH3 is 1. The molecule has 0 fully saturated rings. The number of hydrogen-bond donors (Lipinski definition) is 1.